The van der Waals surface area contributed by atoms with E-state index in [0.717, 1.165) is 38.7 Å². The molecule has 0 aromatic heterocycles. The molecule has 0 saturated carbocycles. The van der Waals surface area contributed by atoms with Gasteiger partial charge in [-0.15, -0.1) is 0 Å². The van der Waals surface area contributed by atoms with Gasteiger partial charge in [-0.3, -0.25) is 0 Å². The Hall–Kier alpha value is -0.130. The van der Waals surface area contributed by atoms with E-state index >= 15 is 0 Å². The van der Waals surface area contributed by atoms with Crippen molar-refractivity contribution in [2.24, 2.45) is 5.73 Å². The molecule has 1 aliphatic rings. The Morgan fingerprint density at radius 3 is 2.76 bits per heavy atom. The van der Waals surface area contributed by atoms with Crippen LogP contribution in [-0.2, 0) is 14.6 Å². The summed E-state index contributed by atoms with van der Waals surface area (Å²) in [6.07, 6.45) is 6.14. The topological polar surface area (TPSA) is 69.4 Å². The second-order valence-corrected chi connectivity index (χ2v) is 7.32. The lowest BCUT2D eigenvalue weighted by molar-refractivity contribution is 0.100. The number of sulfone groups is 1. The third kappa shape index (κ3) is 6.38. The van der Waals surface area contributed by atoms with E-state index < -0.39 is 9.84 Å². The van der Waals surface area contributed by atoms with E-state index in [2.05, 4.69) is 0 Å². The zero-order valence-electron chi connectivity index (χ0n) is 10.7. The Balaban J connectivity index is 2.06. The van der Waals surface area contributed by atoms with Crippen LogP contribution in [0.5, 0.6) is 0 Å². The van der Waals surface area contributed by atoms with Gasteiger partial charge in [0.15, 0.2) is 0 Å². The third-order valence-electron chi connectivity index (χ3n) is 3.35. The molecule has 2 atom stereocenters. The molecule has 0 bridgehead atoms. The van der Waals surface area contributed by atoms with Gasteiger partial charge < -0.3 is 10.5 Å². The Bertz CT molecular complexity index is 297. The monoisotopic (exact) mass is 263 g/mol. The molecule has 0 radical (unpaired) electrons. The molecule has 2 N–H and O–H groups in total. The van der Waals surface area contributed by atoms with E-state index in [1.54, 1.807) is 6.92 Å². The summed E-state index contributed by atoms with van der Waals surface area (Å²) >= 11 is 0. The summed E-state index contributed by atoms with van der Waals surface area (Å²) in [5, 5.41) is 0. The second kappa shape index (κ2) is 7.34. The standard InChI is InChI=1S/C12H25NO3S/c1-2-17(14,15)10-4-5-11(13)7-8-12-6-3-9-16-12/h11-12H,2-10,13H2,1H3. The van der Waals surface area contributed by atoms with Crippen molar-refractivity contribution >= 4 is 9.84 Å². The van der Waals surface area contributed by atoms with Crippen molar-refractivity contribution in [1.82, 2.24) is 0 Å². The fraction of sp³-hybridized carbons (Fsp3) is 1.00. The van der Waals surface area contributed by atoms with Crippen molar-refractivity contribution in [2.45, 2.75) is 57.6 Å². The zero-order valence-corrected chi connectivity index (χ0v) is 11.5. The molecule has 0 amide bonds. The minimum absolute atomic E-state index is 0.117. The van der Waals surface area contributed by atoms with Gasteiger partial charge in [0, 0.05) is 18.4 Å². The van der Waals surface area contributed by atoms with Crippen LogP contribution in [0.1, 0.15) is 45.4 Å². The van der Waals surface area contributed by atoms with E-state index in [-0.39, 0.29) is 17.5 Å². The molecule has 5 heteroatoms. The van der Waals surface area contributed by atoms with Gasteiger partial charge >= 0.3 is 0 Å². The first kappa shape index (κ1) is 14.9. The van der Waals surface area contributed by atoms with Crippen molar-refractivity contribution in [1.29, 1.82) is 0 Å². The molecule has 2 unspecified atom stereocenters. The molecule has 17 heavy (non-hydrogen) atoms. The SMILES string of the molecule is CCS(=O)(=O)CCCC(N)CCC1CCCO1. The highest BCUT2D eigenvalue weighted by molar-refractivity contribution is 7.91. The summed E-state index contributed by atoms with van der Waals surface area (Å²) in [6.45, 7) is 2.57. The predicted molar refractivity (Wildman–Crippen MR) is 69.7 cm³/mol. The van der Waals surface area contributed by atoms with Crippen LogP contribution < -0.4 is 5.73 Å². The first-order valence-electron chi connectivity index (χ1n) is 6.61. The summed E-state index contributed by atoms with van der Waals surface area (Å²) in [5.74, 6) is 0.509. The van der Waals surface area contributed by atoms with E-state index in [9.17, 15) is 8.42 Å². The first-order chi connectivity index (χ1) is 8.03. The largest absolute Gasteiger partial charge is 0.378 e. The number of rotatable bonds is 8. The van der Waals surface area contributed by atoms with Gasteiger partial charge in [-0.2, -0.15) is 0 Å². The Kier molecular flexibility index (Phi) is 6.44. The predicted octanol–water partition coefficient (Wildman–Crippen LogP) is 1.49. The lowest BCUT2D eigenvalue weighted by atomic mass is 10.0. The molecule has 4 nitrogen and oxygen atoms in total. The molecule has 1 rings (SSSR count). The third-order valence-corrected chi connectivity index (χ3v) is 5.14. The molecule has 1 aliphatic heterocycles. The molecular weight excluding hydrogens is 238 g/mol. The Labute approximate surface area is 105 Å². The van der Waals surface area contributed by atoms with Crippen LogP contribution in [0, 0.1) is 0 Å². The van der Waals surface area contributed by atoms with Gasteiger partial charge in [0.25, 0.3) is 0 Å². The number of hydrogen-bond acceptors (Lipinski definition) is 4. The minimum atomic E-state index is -2.83. The van der Waals surface area contributed by atoms with Crippen LogP contribution in [0.3, 0.4) is 0 Å². The highest BCUT2D eigenvalue weighted by atomic mass is 32.2. The molecular formula is C12H25NO3S. The van der Waals surface area contributed by atoms with Gasteiger partial charge in [-0.25, -0.2) is 8.42 Å². The van der Waals surface area contributed by atoms with Crippen LogP contribution >= 0.6 is 0 Å². The fourth-order valence-corrected chi connectivity index (χ4v) is 3.02. The van der Waals surface area contributed by atoms with Crippen molar-refractivity contribution in [2.75, 3.05) is 18.1 Å². The average Bonchev–Trinajstić information content (AvgIpc) is 2.79. The maximum Gasteiger partial charge on any atom is 0.150 e. The first-order valence-corrected chi connectivity index (χ1v) is 8.43. The van der Waals surface area contributed by atoms with E-state index in [1.165, 1.54) is 0 Å². The molecule has 0 spiro atoms. The quantitative estimate of drug-likeness (QED) is 0.720. The smallest absolute Gasteiger partial charge is 0.150 e. The summed E-state index contributed by atoms with van der Waals surface area (Å²) in [5.41, 5.74) is 5.97. The van der Waals surface area contributed by atoms with Crippen molar-refractivity contribution in [3.63, 3.8) is 0 Å². The zero-order chi connectivity index (χ0) is 12.7. The molecule has 0 aromatic rings. The lowest BCUT2D eigenvalue weighted by Crippen LogP contribution is -2.23. The van der Waals surface area contributed by atoms with E-state index in [0.29, 0.717) is 12.5 Å². The van der Waals surface area contributed by atoms with Crippen LogP contribution in [-0.4, -0.2) is 38.7 Å². The highest BCUT2D eigenvalue weighted by Crippen LogP contribution is 2.18. The number of hydrogen-bond donors (Lipinski definition) is 1. The molecule has 0 aliphatic carbocycles. The van der Waals surface area contributed by atoms with Gasteiger partial charge in [0.1, 0.15) is 9.84 Å². The van der Waals surface area contributed by atoms with Gasteiger partial charge in [-0.05, 0) is 38.5 Å². The van der Waals surface area contributed by atoms with Crippen molar-refractivity contribution in [3.05, 3.63) is 0 Å². The maximum atomic E-state index is 11.3. The maximum absolute atomic E-state index is 11.3. The Morgan fingerprint density at radius 1 is 1.41 bits per heavy atom. The Morgan fingerprint density at radius 2 is 2.18 bits per heavy atom. The van der Waals surface area contributed by atoms with E-state index in [1.807, 2.05) is 0 Å². The normalized spacial score (nSPS) is 22.8. The van der Waals surface area contributed by atoms with Gasteiger partial charge in [0.05, 0.1) is 11.9 Å². The summed E-state index contributed by atoms with van der Waals surface area (Å²) in [6, 6.07) is 0.117. The van der Waals surface area contributed by atoms with Crippen LogP contribution in [0.15, 0.2) is 0 Å². The second-order valence-electron chi connectivity index (χ2n) is 4.85. The van der Waals surface area contributed by atoms with Crippen LogP contribution in [0.2, 0.25) is 0 Å². The van der Waals surface area contributed by atoms with Crippen LogP contribution in [0.25, 0.3) is 0 Å². The average molecular weight is 263 g/mol. The lowest BCUT2D eigenvalue weighted by Gasteiger charge is -2.14. The molecule has 0 aromatic carbocycles. The number of nitrogens with two attached hydrogens (primary N) is 1. The highest BCUT2D eigenvalue weighted by Gasteiger charge is 2.16. The minimum Gasteiger partial charge on any atom is -0.378 e. The van der Waals surface area contributed by atoms with Crippen LogP contribution in [0.4, 0.5) is 0 Å². The summed E-state index contributed by atoms with van der Waals surface area (Å²) < 4.78 is 28.1. The summed E-state index contributed by atoms with van der Waals surface area (Å²) in [4.78, 5) is 0. The molecule has 1 heterocycles. The molecule has 1 fully saturated rings. The summed E-state index contributed by atoms with van der Waals surface area (Å²) in [7, 11) is -2.83. The fourth-order valence-electron chi connectivity index (χ4n) is 2.13. The van der Waals surface area contributed by atoms with Gasteiger partial charge in [0.2, 0.25) is 0 Å². The van der Waals surface area contributed by atoms with Crippen molar-refractivity contribution in [3.8, 4) is 0 Å². The molecule has 102 valence electrons. The molecule has 1 saturated heterocycles. The van der Waals surface area contributed by atoms with Gasteiger partial charge in [-0.1, -0.05) is 6.92 Å². The van der Waals surface area contributed by atoms with Crippen molar-refractivity contribution < 1.29 is 13.2 Å². The van der Waals surface area contributed by atoms with E-state index in [4.69, 9.17) is 10.5 Å². The number of ether oxygens (including phenoxy) is 1.